The van der Waals surface area contributed by atoms with Crippen LogP contribution in [0.2, 0.25) is 0 Å². The molecule has 0 saturated carbocycles. The van der Waals surface area contributed by atoms with Gasteiger partial charge < -0.3 is 23.3 Å². The number of rotatable bonds is 7. The van der Waals surface area contributed by atoms with E-state index >= 15 is 0 Å². The molecule has 6 heteroatoms. The van der Waals surface area contributed by atoms with E-state index in [0.29, 0.717) is 34.1 Å². The Morgan fingerprint density at radius 3 is 1.25 bits per heavy atom. The minimum atomic E-state index is -0.825. The Kier molecular flexibility index (Phi) is 10.8. The molecule has 0 fully saturated rings. The van der Waals surface area contributed by atoms with Crippen LogP contribution in [0.25, 0.3) is 148 Å². The molecule has 6 heterocycles. The van der Waals surface area contributed by atoms with E-state index in [2.05, 4.69) is 220 Å². The molecule has 0 aliphatic carbocycles. The van der Waals surface area contributed by atoms with Crippen molar-refractivity contribution < 1.29 is 21.9 Å². The van der Waals surface area contributed by atoms with Gasteiger partial charge in [0.15, 0.2) is 0 Å². The number of anilines is 6. The van der Waals surface area contributed by atoms with E-state index in [0.717, 1.165) is 132 Å². The van der Waals surface area contributed by atoms with Gasteiger partial charge in [0, 0.05) is 88.3 Å². The highest BCUT2D eigenvalue weighted by molar-refractivity contribution is 7.00. The van der Waals surface area contributed by atoms with Crippen molar-refractivity contribution in [2.45, 2.75) is 52.4 Å². The van der Waals surface area contributed by atoms with Gasteiger partial charge in [0.25, 0.3) is 6.71 Å². The van der Waals surface area contributed by atoms with E-state index in [1.54, 1.807) is 9.13 Å². The molecule has 0 saturated heterocycles. The first-order valence-corrected chi connectivity index (χ1v) is 37.4. The van der Waals surface area contributed by atoms with Gasteiger partial charge >= 0.3 is 0 Å². The Balaban J connectivity index is 1.01. The van der Waals surface area contributed by atoms with Crippen molar-refractivity contribution in [1.82, 2.24) is 13.5 Å². The van der Waals surface area contributed by atoms with Gasteiger partial charge in [-0.25, -0.2) is 0 Å². The summed E-state index contributed by atoms with van der Waals surface area (Å²) in [4.78, 5) is 4.68. The molecular weight excluding hydrogens is 1330 g/mol. The van der Waals surface area contributed by atoms with Crippen LogP contribution in [-0.4, -0.2) is 20.2 Å². The smallest absolute Gasteiger partial charge is 0.252 e. The summed E-state index contributed by atoms with van der Waals surface area (Å²) < 4.78 is 159. The standard InChI is InChI=1S/C104H76BN5/c1-103(2,3)69-51-56-76-74-35-16-17-36-75(74)82-42-28-43-83-98-96(109(100(82)83)93-48-27-22-41-81(93)86(76)59-69)64-97-99-102(98)108(71-52-49-66(50-53-71)65-29-10-7-11-30-65)94-62-72(106-89-44-23-18-37-77(89)78-38-19-24-45-90(78)106)54-57-87(94)105(99)88-58-55-73(107-91-46-25-20-39-79(91)80-40-21-26-47-92(80)107)63-95(88)110(97)101-84(67-31-12-8-13-32-67)60-70(104(4,5)6)61-85(101)68-33-14-9-15-34-68/h7-64H,1-6H3/i18D,19D,20D,21D,23D,24D,25D,26D,37D,38D,39D,40D,44D,45D,46D,47D. The zero-order valence-electron chi connectivity index (χ0n) is 77.1. The topological polar surface area (TPSA) is 20.8 Å². The number of benzene rings is 16. The average Bonchev–Trinajstić information content (AvgIpc) is 1.32. The Hall–Kier alpha value is -13.4. The second-order valence-electron chi connectivity index (χ2n) is 31.1. The SMILES string of the molecule is [2H]c1c([2H])c([2H])c2c(c1[2H])c1c([2H])c([2H])c([2H])c([2H])c1n2-c1ccc2c(c1)N(c1c(-c3ccccc3)cc(C(C)(C)C)cc1-c1ccccc1)c1cc3c(c4c1B2c1ccc(-n2c5c([2H])c([2H])c([2H])c([2H])c5c5c([2H])c([2H])c([2H])c([2H])c52)cc1N4c1ccc(-c2ccccc2)cc1)c1cccc2c4ccccc4c4ccc(C(C)(C)C)cc4c4ccccc4n3c21. The van der Waals surface area contributed by atoms with E-state index < -0.39 is 109 Å². The van der Waals surface area contributed by atoms with E-state index in [1.807, 2.05) is 91.0 Å². The molecule has 20 aromatic rings. The maximum Gasteiger partial charge on any atom is 0.252 e. The van der Waals surface area contributed by atoms with E-state index in [9.17, 15) is 19.2 Å². The molecule has 0 radical (unpaired) electrons. The van der Waals surface area contributed by atoms with Crippen molar-refractivity contribution in [3.05, 3.63) is 363 Å². The fourth-order valence-corrected chi connectivity index (χ4v) is 17.9. The number of hydrogen-bond acceptors (Lipinski definition) is 2. The van der Waals surface area contributed by atoms with Crippen molar-refractivity contribution in [1.29, 1.82) is 0 Å². The van der Waals surface area contributed by atoms with Gasteiger partial charge in [-0.05, 0) is 173 Å². The number of para-hydroxylation sites is 6. The molecule has 0 N–H and O–H groups in total. The average molecular weight is 1420 g/mol. The summed E-state index contributed by atoms with van der Waals surface area (Å²) in [5.41, 5.74) is 16.2. The van der Waals surface area contributed by atoms with Crippen LogP contribution in [-0.2, 0) is 10.8 Å². The molecule has 0 amide bonds. The first-order chi connectivity index (χ1) is 60.5. The molecule has 2 aliphatic rings. The van der Waals surface area contributed by atoms with Gasteiger partial charge in [-0.15, -0.1) is 0 Å². The van der Waals surface area contributed by atoms with Crippen molar-refractivity contribution in [3.8, 4) is 44.8 Å². The first kappa shape index (κ1) is 49.5. The quantitative estimate of drug-likeness (QED) is 0.148. The van der Waals surface area contributed by atoms with Gasteiger partial charge in [-0.2, -0.15) is 0 Å². The van der Waals surface area contributed by atoms with Crippen LogP contribution in [0.1, 0.15) is 74.6 Å². The lowest BCUT2D eigenvalue weighted by atomic mass is 9.33. The number of nitrogens with zero attached hydrogens (tertiary/aromatic N) is 5. The molecule has 5 nitrogen and oxygen atoms in total. The predicted octanol–water partition coefficient (Wildman–Crippen LogP) is 26.1. The van der Waals surface area contributed by atoms with Crippen LogP contribution in [0.4, 0.5) is 34.1 Å². The predicted molar refractivity (Wildman–Crippen MR) is 470 cm³/mol. The lowest BCUT2D eigenvalue weighted by Gasteiger charge is -2.45. The maximum atomic E-state index is 10.0. The molecule has 16 aromatic carbocycles. The van der Waals surface area contributed by atoms with Gasteiger partial charge in [-0.3, -0.25) is 0 Å². The lowest BCUT2D eigenvalue weighted by molar-refractivity contribution is 0.590. The molecule has 0 atom stereocenters. The van der Waals surface area contributed by atoms with Gasteiger partial charge in [0.2, 0.25) is 0 Å². The number of hydrogen-bond donors (Lipinski definition) is 0. The normalized spacial score (nSPS) is 15.0. The van der Waals surface area contributed by atoms with Crippen LogP contribution < -0.4 is 26.2 Å². The summed E-state index contributed by atoms with van der Waals surface area (Å²) in [6.07, 6.45) is 0. The third-order valence-electron chi connectivity index (χ3n) is 23.0. The molecule has 2 aliphatic heterocycles. The highest BCUT2D eigenvalue weighted by Gasteiger charge is 2.47. The number of fused-ring (bicyclic) bond motifs is 21. The second kappa shape index (κ2) is 24.0. The molecule has 0 spiro atoms. The molecule has 22 rings (SSSR count). The van der Waals surface area contributed by atoms with Crippen LogP contribution in [0.3, 0.4) is 0 Å². The largest absolute Gasteiger partial charge is 0.311 e. The van der Waals surface area contributed by atoms with E-state index in [1.165, 1.54) is 0 Å². The highest BCUT2D eigenvalue weighted by Crippen LogP contribution is 2.56. The fourth-order valence-electron chi connectivity index (χ4n) is 17.9. The Morgan fingerprint density at radius 2 is 0.718 bits per heavy atom. The first-order valence-electron chi connectivity index (χ1n) is 45.4. The molecular formula is C104H76BN5. The van der Waals surface area contributed by atoms with E-state index in [4.69, 9.17) is 2.74 Å². The minimum absolute atomic E-state index is 0.0540. The maximum absolute atomic E-state index is 10.0. The van der Waals surface area contributed by atoms with Crippen molar-refractivity contribution in [2.24, 2.45) is 0 Å². The molecule has 0 unspecified atom stereocenters. The van der Waals surface area contributed by atoms with Crippen LogP contribution in [0, 0.1) is 0 Å². The minimum Gasteiger partial charge on any atom is -0.311 e. The summed E-state index contributed by atoms with van der Waals surface area (Å²) in [5, 5.41) is 7.44. The molecule has 0 bridgehead atoms. The van der Waals surface area contributed by atoms with Crippen molar-refractivity contribution in [3.63, 3.8) is 0 Å². The van der Waals surface area contributed by atoms with Crippen LogP contribution in [0.5, 0.6) is 0 Å². The fraction of sp³-hybridized carbons (Fsp3) is 0.0769. The summed E-state index contributed by atoms with van der Waals surface area (Å²) in [5.74, 6) is 0. The molecule has 4 aromatic heterocycles. The third kappa shape index (κ3) is 9.48. The summed E-state index contributed by atoms with van der Waals surface area (Å²) >= 11 is 0. The van der Waals surface area contributed by atoms with Gasteiger partial charge in [0.1, 0.15) is 0 Å². The Morgan fingerprint density at radius 1 is 0.282 bits per heavy atom. The Bertz CT molecular complexity index is 8110. The third-order valence-corrected chi connectivity index (χ3v) is 23.0. The zero-order chi connectivity index (χ0) is 87.3. The van der Waals surface area contributed by atoms with Crippen molar-refractivity contribution >= 4 is 160 Å². The van der Waals surface area contributed by atoms with E-state index in [-0.39, 0.29) is 49.0 Å². The summed E-state index contributed by atoms with van der Waals surface area (Å²) in [6, 6.07) is 80.5. The van der Waals surface area contributed by atoms with Crippen LogP contribution in [0.15, 0.2) is 351 Å². The highest BCUT2D eigenvalue weighted by atomic mass is 15.2. The van der Waals surface area contributed by atoms with Crippen LogP contribution >= 0.6 is 0 Å². The number of aromatic nitrogens is 3. The zero-order valence-corrected chi connectivity index (χ0v) is 61.1. The monoisotopic (exact) mass is 1420 g/mol. The molecule has 520 valence electrons. The van der Waals surface area contributed by atoms with Gasteiger partial charge in [-0.1, -0.05) is 302 Å². The lowest BCUT2D eigenvalue weighted by Crippen LogP contribution is -2.61. The van der Waals surface area contributed by atoms with Crippen molar-refractivity contribution in [2.75, 3.05) is 9.80 Å². The molecule has 110 heavy (non-hydrogen) atoms. The summed E-state index contributed by atoms with van der Waals surface area (Å²) in [7, 11) is 0. The Labute approximate surface area is 662 Å². The second-order valence-corrected chi connectivity index (χ2v) is 31.1. The van der Waals surface area contributed by atoms with Gasteiger partial charge in [0.05, 0.1) is 71.9 Å². The summed E-state index contributed by atoms with van der Waals surface area (Å²) in [6.45, 7) is 12.5.